The highest BCUT2D eigenvalue weighted by Gasteiger charge is 2.23. The number of carbonyl (C=O) groups is 1. The molecule has 2 nitrogen and oxygen atoms in total. The van der Waals surface area contributed by atoms with Crippen LogP contribution in [0.2, 0.25) is 0 Å². The Hall–Kier alpha value is -0.530. The Morgan fingerprint density at radius 3 is 1.48 bits per heavy atom. The highest BCUT2D eigenvalue weighted by atomic mass is 16.1. The van der Waals surface area contributed by atoms with Crippen molar-refractivity contribution in [2.24, 2.45) is 16.6 Å². The summed E-state index contributed by atoms with van der Waals surface area (Å²) in [7, 11) is 0. The van der Waals surface area contributed by atoms with Gasteiger partial charge in [-0.05, 0) is 42.9 Å². The Bertz CT molecular complexity index is 333. The highest BCUT2D eigenvalue weighted by molar-refractivity contribution is 5.73. The number of hydrogen-bond donors (Lipinski definition) is 1. The van der Waals surface area contributed by atoms with Gasteiger partial charge >= 0.3 is 0 Å². The maximum atomic E-state index is 10.8. The summed E-state index contributed by atoms with van der Waals surface area (Å²) in [5.74, 6) is -0.161. The molecule has 0 spiro atoms. The van der Waals surface area contributed by atoms with E-state index in [1.165, 1.54) is 77.0 Å². The van der Waals surface area contributed by atoms with Crippen LogP contribution in [-0.4, -0.2) is 5.91 Å². The van der Waals surface area contributed by atoms with E-state index in [1.54, 1.807) is 0 Å². The van der Waals surface area contributed by atoms with E-state index in [9.17, 15) is 4.79 Å². The molecule has 0 rings (SSSR count). The molecule has 0 aromatic carbocycles. The molecule has 0 aromatic heterocycles. The molecule has 2 N–H and O–H groups in total. The molecule has 150 valence electrons. The first-order valence-corrected chi connectivity index (χ1v) is 11.0. The Kier molecular flexibility index (Phi) is 13.4. The molecule has 0 bridgehead atoms. The van der Waals surface area contributed by atoms with Crippen molar-refractivity contribution in [1.82, 2.24) is 0 Å². The van der Waals surface area contributed by atoms with Crippen molar-refractivity contribution >= 4 is 5.91 Å². The maximum absolute atomic E-state index is 10.8. The number of hydrogen-bond acceptors (Lipinski definition) is 1. The maximum Gasteiger partial charge on any atom is 0.217 e. The van der Waals surface area contributed by atoms with Gasteiger partial charge in [0.2, 0.25) is 5.91 Å². The average Bonchev–Trinajstić information content (AvgIpc) is 2.52. The van der Waals surface area contributed by atoms with Crippen molar-refractivity contribution in [2.45, 2.75) is 131 Å². The zero-order valence-electron chi connectivity index (χ0n) is 18.1. The summed E-state index contributed by atoms with van der Waals surface area (Å²) in [5.41, 5.74) is 6.10. The van der Waals surface area contributed by atoms with Crippen LogP contribution in [0.3, 0.4) is 0 Å². The molecule has 0 aromatic rings. The number of rotatable bonds is 17. The number of primary amides is 1. The van der Waals surface area contributed by atoms with E-state index in [1.807, 2.05) is 0 Å². The van der Waals surface area contributed by atoms with Crippen LogP contribution in [0.1, 0.15) is 131 Å². The van der Waals surface area contributed by atoms with E-state index in [2.05, 4.69) is 34.6 Å². The summed E-state index contributed by atoms with van der Waals surface area (Å²) in [6.07, 6.45) is 19.0. The molecule has 0 saturated heterocycles. The minimum absolute atomic E-state index is 0.161. The third kappa shape index (κ3) is 16.7. The van der Waals surface area contributed by atoms with Crippen LogP contribution in [0.4, 0.5) is 0 Å². The minimum atomic E-state index is -0.161. The summed E-state index contributed by atoms with van der Waals surface area (Å²) >= 11 is 0. The predicted octanol–water partition coefficient (Wildman–Crippen LogP) is 7.40. The lowest BCUT2D eigenvalue weighted by atomic mass is 9.74. The highest BCUT2D eigenvalue weighted by Crippen LogP contribution is 2.37. The Balaban J connectivity index is 3.79. The number of amides is 1. The topological polar surface area (TPSA) is 43.1 Å². The van der Waals surface area contributed by atoms with Gasteiger partial charge in [-0.15, -0.1) is 0 Å². The van der Waals surface area contributed by atoms with Gasteiger partial charge in [0.1, 0.15) is 0 Å². The number of unbranched alkanes of at least 4 members (excludes halogenated alkanes) is 8. The van der Waals surface area contributed by atoms with Crippen LogP contribution >= 0.6 is 0 Å². The molecular formula is C23H47NO. The molecule has 1 amide bonds. The van der Waals surface area contributed by atoms with Crippen molar-refractivity contribution in [1.29, 1.82) is 0 Å². The second kappa shape index (κ2) is 13.6. The SMILES string of the molecule is CCCCCCCCCC(C)(C)CCC(C)(C)CCCCCC(N)=O. The largest absolute Gasteiger partial charge is 0.370 e. The molecule has 0 radical (unpaired) electrons. The Morgan fingerprint density at radius 2 is 1.04 bits per heavy atom. The third-order valence-corrected chi connectivity index (χ3v) is 5.71. The van der Waals surface area contributed by atoms with Gasteiger partial charge in [-0.3, -0.25) is 4.79 Å². The van der Waals surface area contributed by atoms with Crippen molar-refractivity contribution in [3.63, 3.8) is 0 Å². The normalized spacial score (nSPS) is 12.5. The molecule has 0 aliphatic rings. The number of nitrogens with two attached hydrogens (primary N) is 1. The first-order chi connectivity index (χ1) is 11.7. The first-order valence-electron chi connectivity index (χ1n) is 11.0. The van der Waals surface area contributed by atoms with E-state index < -0.39 is 0 Å². The van der Waals surface area contributed by atoms with Crippen LogP contribution in [0.25, 0.3) is 0 Å². The molecule has 0 aliphatic carbocycles. The van der Waals surface area contributed by atoms with Crippen LogP contribution in [-0.2, 0) is 4.79 Å². The van der Waals surface area contributed by atoms with E-state index in [0.29, 0.717) is 17.3 Å². The quantitative estimate of drug-likeness (QED) is 0.272. The van der Waals surface area contributed by atoms with E-state index >= 15 is 0 Å². The second-order valence-electron chi connectivity index (χ2n) is 9.73. The smallest absolute Gasteiger partial charge is 0.217 e. The fourth-order valence-electron chi connectivity index (χ4n) is 3.57. The monoisotopic (exact) mass is 353 g/mol. The summed E-state index contributed by atoms with van der Waals surface area (Å²) in [6.45, 7) is 12.0. The van der Waals surface area contributed by atoms with Crippen molar-refractivity contribution in [3.05, 3.63) is 0 Å². The van der Waals surface area contributed by atoms with Crippen molar-refractivity contribution in [2.75, 3.05) is 0 Å². The molecule has 0 atom stereocenters. The first kappa shape index (κ1) is 24.5. The zero-order valence-corrected chi connectivity index (χ0v) is 18.1. The zero-order chi connectivity index (χ0) is 19.2. The summed E-state index contributed by atoms with van der Waals surface area (Å²) in [4.78, 5) is 10.8. The second-order valence-corrected chi connectivity index (χ2v) is 9.73. The van der Waals surface area contributed by atoms with Gasteiger partial charge in [0.25, 0.3) is 0 Å². The standard InChI is InChI=1S/C23H47NO/c1-6-7-8-9-10-11-14-17-22(2,3)19-20-23(4,5)18-15-12-13-16-21(24)25/h6-20H2,1-5H3,(H2,24,25). The van der Waals surface area contributed by atoms with Gasteiger partial charge in [-0.25, -0.2) is 0 Å². The molecule has 0 unspecified atom stereocenters. The predicted molar refractivity (Wildman–Crippen MR) is 112 cm³/mol. The lowest BCUT2D eigenvalue weighted by Gasteiger charge is -2.31. The minimum Gasteiger partial charge on any atom is -0.370 e. The van der Waals surface area contributed by atoms with Crippen LogP contribution in [0, 0.1) is 10.8 Å². The fraction of sp³-hybridized carbons (Fsp3) is 0.957. The molecular weight excluding hydrogens is 306 g/mol. The lowest BCUT2D eigenvalue weighted by molar-refractivity contribution is -0.118. The van der Waals surface area contributed by atoms with Gasteiger partial charge in [0.15, 0.2) is 0 Å². The molecule has 2 heteroatoms. The summed E-state index contributed by atoms with van der Waals surface area (Å²) < 4.78 is 0. The van der Waals surface area contributed by atoms with Gasteiger partial charge in [-0.2, -0.15) is 0 Å². The number of carbonyl (C=O) groups excluding carboxylic acids is 1. The van der Waals surface area contributed by atoms with E-state index in [0.717, 1.165) is 12.8 Å². The van der Waals surface area contributed by atoms with Crippen molar-refractivity contribution < 1.29 is 4.79 Å². The Labute approximate surface area is 158 Å². The van der Waals surface area contributed by atoms with Gasteiger partial charge in [0.05, 0.1) is 0 Å². The van der Waals surface area contributed by atoms with Gasteiger partial charge in [0, 0.05) is 6.42 Å². The summed E-state index contributed by atoms with van der Waals surface area (Å²) in [5, 5.41) is 0. The third-order valence-electron chi connectivity index (χ3n) is 5.71. The Morgan fingerprint density at radius 1 is 0.640 bits per heavy atom. The van der Waals surface area contributed by atoms with Crippen LogP contribution in [0.5, 0.6) is 0 Å². The average molecular weight is 354 g/mol. The summed E-state index contributed by atoms with van der Waals surface area (Å²) in [6, 6.07) is 0. The lowest BCUT2D eigenvalue weighted by Crippen LogP contribution is -2.18. The van der Waals surface area contributed by atoms with Gasteiger partial charge < -0.3 is 5.73 Å². The van der Waals surface area contributed by atoms with E-state index in [-0.39, 0.29) is 5.91 Å². The fourth-order valence-corrected chi connectivity index (χ4v) is 3.57. The molecule has 0 saturated carbocycles. The van der Waals surface area contributed by atoms with Crippen molar-refractivity contribution in [3.8, 4) is 0 Å². The molecule has 0 heterocycles. The van der Waals surface area contributed by atoms with Crippen LogP contribution < -0.4 is 5.73 Å². The molecule has 25 heavy (non-hydrogen) atoms. The molecule has 0 aliphatic heterocycles. The van der Waals surface area contributed by atoms with Gasteiger partial charge in [-0.1, -0.05) is 92.4 Å². The van der Waals surface area contributed by atoms with Crippen LogP contribution in [0.15, 0.2) is 0 Å². The molecule has 0 fully saturated rings. The van der Waals surface area contributed by atoms with E-state index in [4.69, 9.17) is 5.73 Å².